The van der Waals surface area contributed by atoms with E-state index in [4.69, 9.17) is 0 Å². The fourth-order valence-corrected chi connectivity index (χ4v) is 9.47. The Morgan fingerprint density at radius 1 is 0.643 bits per heavy atom. The number of rotatable bonds is 0. The fourth-order valence-electron chi connectivity index (χ4n) is 2.24. The Balaban J connectivity index is 2.76. The zero-order valence-corrected chi connectivity index (χ0v) is 12.6. The highest BCUT2D eigenvalue weighted by atomic mass is 32.3. The molecular formula is C10H26N2S2. The van der Waals surface area contributed by atoms with Crippen LogP contribution in [-0.4, -0.2) is 31.0 Å². The summed E-state index contributed by atoms with van der Waals surface area (Å²) in [5, 5.41) is 0. The van der Waals surface area contributed by atoms with Crippen LogP contribution in [0.5, 0.6) is 0 Å². The normalized spacial score (nSPS) is 36.9. The third kappa shape index (κ3) is 2.08. The highest BCUT2D eigenvalue weighted by Crippen LogP contribution is 2.67. The zero-order chi connectivity index (χ0) is 11.3. The summed E-state index contributed by atoms with van der Waals surface area (Å²) in [6, 6.07) is 0. The lowest BCUT2D eigenvalue weighted by Crippen LogP contribution is -2.56. The minimum absolute atomic E-state index is 0.0646. The predicted molar refractivity (Wildman–Crippen MR) is 73.0 cm³/mol. The van der Waals surface area contributed by atoms with Crippen LogP contribution in [0.2, 0.25) is 0 Å². The Hall–Kier alpha value is 0.620. The molecule has 0 aromatic heterocycles. The molecule has 1 saturated heterocycles. The molecule has 0 spiro atoms. The molecule has 1 aliphatic rings. The van der Waals surface area contributed by atoms with Crippen LogP contribution in [-0.2, 0) is 0 Å². The summed E-state index contributed by atoms with van der Waals surface area (Å²) < 4.78 is 5.39. The number of nitrogens with zero attached hydrogens (tertiary/aromatic N) is 2. The maximum Gasteiger partial charge on any atom is 0.0328 e. The van der Waals surface area contributed by atoms with E-state index in [1.165, 1.54) is 0 Å². The van der Waals surface area contributed by atoms with Crippen molar-refractivity contribution in [3.63, 3.8) is 0 Å². The van der Waals surface area contributed by atoms with Gasteiger partial charge in [-0.3, -0.25) is 0 Å². The van der Waals surface area contributed by atoms with Crippen molar-refractivity contribution in [3.8, 4) is 0 Å². The Morgan fingerprint density at radius 2 is 0.857 bits per heavy atom. The van der Waals surface area contributed by atoms with Gasteiger partial charge in [0, 0.05) is 11.1 Å². The van der Waals surface area contributed by atoms with E-state index in [9.17, 15) is 0 Å². The van der Waals surface area contributed by atoms with Gasteiger partial charge >= 0.3 is 0 Å². The van der Waals surface area contributed by atoms with Crippen LogP contribution in [0, 0.1) is 0 Å². The second-order valence-corrected chi connectivity index (χ2v) is 10.1. The van der Waals surface area contributed by atoms with E-state index in [-0.39, 0.29) is 22.5 Å². The number of hydrogen-bond donors (Lipinski definition) is 2. The SMILES string of the molecule is C[SH]1N(C(C)(C)C)[SH](C)N1C(C)(C)C. The van der Waals surface area contributed by atoms with Crippen molar-refractivity contribution in [2.75, 3.05) is 12.5 Å². The standard InChI is InChI=1S/C10H26N2S2/c1-9(2,3)11-13(7)12(14(11)8)10(4,5)6/h13-14H,1-8H3. The molecule has 1 fully saturated rings. The zero-order valence-electron chi connectivity index (χ0n) is 10.8. The maximum atomic E-state index is 2.70. The molecule has 0 aromatic rings. The molecule has 0 radical (unpaired) electrons. The highest BCUT2D eigenvalue weighted by molar-refractivity contribution is 8.40. The summed E-state index contributed by atoms with van der Waals surface area (Å²) in [5.74, 6) is 0. The molecule has 1 aliphatic heterocycles. The van der Waals surface area contributed by atoms with Crippen molar-refractivity contribution in [1.29, 1.82) is 0 Å². The van der Waals surface area contributed by atoms with E-state index in [0.29, 0.717) is 11.1 Å². The van der Waals surface area contributed by atoms with Crippen LogP contribution >= 0.6 is 22.5 Å². The predicted octanol–water partition coefficient (Wildman–Crippen LogP) is 3.12. The molecular weight excluding hydrogens is 212 g/mol. The van der Waals surface area contributed by atoms with E-state index < -0.39 is 0 Å². The van der Waals surface area contributed by atoms with Gasteiger partial charge in [-0.2, -0.15) is 0 Å². The van der Waals surface area contributed by atoms with E-state index in [2.05, 4.69) is 61.5 Å². The first-order valence-electron chi connectivity index (χ1n) is 5.14. The summed E-state index contributed by atoms with van der Waals surface area (Å²) in [5.41, 5.74) is 0.672. The average molecular weight is 238 g/mol. The van der Waals surface area contributed by atoms with Gasteiger partial charge in [-0.15, -0.1) is 22.5 Å². The summed E-state index contributed by atoms with van der Waals surface area (Å²) in [6.45, 7) is 13.9. The second-order valence-electron chi connectivity index (χ2n) is 5.90. The topological polar surface area (TPSA) is 6.48 Å². The fraction of sp³-hybridized carbons (Fsp3) is 1.00. The minimum Gasteiger partial charge on any atom is -0.205 e. The minimum atomic E-state index is -0.0646. The quantitative estimate of drug-likeness (QED) is 0.626. The van der Waals surface area contributed by atoms with Gasteiger partial charge in [0.1, 0.15) is 0 Å². The van der Waals surface area contributed by atoms with Crippen LogP contribution in [0.4, 0.5) is 0 Å². The van der Waals surface area contributed by atoms with Crippen LogP contribution in [0.25, 0.3) is 0 Å². The number of thiol groups is 2. The third-order valence-electron chi connectivity index (χ3n) is 2.30. The van der Waals surface area contributed by atoms with Gasteiger partial charge in [0.25, 0.3) is 0 Å². The second kappa shape index (κ2) is 3.58. The van der Waals surface area contributed by atoms with Crippen molar-refractivity contribution < 1.29 is 0 Å². The summed E-state index contributed by atoms with van der Waals surface area (Å²) in [4.78, 5) is 0. The van der Waals surface area contributed by atoms with E-state index in [0.717, 1.165) is 0 Å². The van der Waals surface area contributed by atoms with E-state index in [1.807, 2.05) is 0 Å². The summed E-state index contributed by atoms with van der Waals surface area (Å²) >= 11 is -0.129. The van der Waals surface area contributed by atoms with Crippen molar-refractivity contribution >= 4 is 22.5 Å². The first-order valence-corrected chi connectivity index (χ1v) is 8.53. The lowest BCUT2D eigenvalue weighted by molar-refractivity contribution is 0.311. The van der Waals surface area contributed by atoms with Crippen molar-refractivity contribution in [3.05, 3.63) is 0 Å². The molecule has 0 unspecified atom stereocenters. The number of hydrogen-bond acceptors (Lipinski definition) is 2. The smallest absolute Gasteiger partial charge is 0.0328 e. The molecule has 0 N–H and O–H groups in total. The van der Waals surface area contributed by atoms with Gasteiger partial charge in [-0.05, 0) is 54.1 Å². The molecule has 14 heavy (non-hydrogen) atoms. The average Bonchev–Trinajstić information content (AvgIpc) is 1.78. The van der Waals surface area contributed by atoms with Crippen LogP contribution in [0.1, 0.15) is 41.5 Å². The highest BCUT2D eigenvalue weighted by Gasteiger charge is 2.46. The van der Waals surface area contributed by atoms with Crippen molar-refractivity contribution in [2.24, 2.45) is 0 Å². The molecule has 4 heteroatoms. The van der Waals surface area contributed by atoms with E-state index in [1.54, 1.807) is 0 Å². The van der Waals surface area contributed by atoms with E-state index >= 15 is 0 Å². The van der Waals surface area contributed by atoms with Gasteiger partial charge in [0.2, 0.25) is 0 Å². The molecule has 0 atom stereocenters. The first-order chi connectivity index (χ1) is 6.07. The molecule has 1 heterocycles. The lowest BCUT2D eigenvalue weighted by atomic mass is 10.1. The molecule has 88 valence electrons. The van der Waals surface area contributed by atoms with Crippen LogP contribution < -0.4 is 0 Å². The maximum absolute atomic E-state index is 2.70. The molecule has 0 aliphatic carbocycles. The molecule has 0 amide bonds. The van der Waals surface area contributed by atoms with Gasteiger partial charge < -0.3 is 0 Å². The molecule has 0 bridgehead atoms. The molecule has 0 saturated carbocycles. The van der Waals surface area contributed by atoms with Gasteiger partial charge in [0.15, 0.2) is 0 Å². The summed E-state index contributed by atoms with van der Waals surface area (Å²) in [6.07, 6.45) is 4.77. The monoisotopic (exact) mass is 238 g/mol. The Bertz CT molecular complexity index is 185. The Morgan fingerprint density at radius 3 is 1.00 bits per heavy atom. The van der Waals surface area contributed by atoms with Crippen molar-refractivity contribution in [1.82, 2.24) is 7.42 Å². The molecule has 2 nitrogen and oxygen atoms in total. The van der Waals surface area contributed by atoms with Crippen LogP contribution in [0.3, 0.4) is 0 Å². The third-order valence-corrected chi connectivity index (χ3v) is 10.00. The first kappa shape index (κ1) is 12.7. The Labute approximate surface area is 95.3 Å². The Kier molecular flexibility index (Phi) is 3.24. The van der Waals surface area contributed by atoms with Gasteiger partial charge in [-0.25, -0.2) is 7.42 Å². The van der Waals surface area contributed by atoms with Gasteiger partial charge in [0.05, 0.1) is 0 Å². The largest absolute Gasteiger partial charge is 0.205 e. The molecule has 0 aromatic carbocycles. The van der Waals surface area contributed by atoms with Gasteiger partial charge in [-0.1, -0.05) is 0 Å². The molecule has 1 rings (SSSR count). The van der Waals surface area contributed by atoms with Crippen LogP contribution in [0.15, 0.2) is 0 Å². The summed E-state index contributed by atoms with van der Waals surface area (Å²) in [7, 11) is 0. The van der Waals surface area contributed by atoms with Crippen molar-refractivity contribution in [2.45, 2.75) is 52.6 Å². The lowest BCUT2D eigenvalue weighted by Gasteiger charge is -2.68.